The molecule has 8 heteroatoms. The quantitative estimate of drug-likeness (QED) is 0.323. The lowest BCUT2D eigenvalue weighted by molar-refractivity contribution is 0.0562. The Morgan fingerprint density at radius 3 is 2.18 bits per heavy atom. The Balaban J connectivity index is 2.86. The molecule has 0 aliphatic carbocycles. The molecule has 17 heavy (non-hydrogen) atoms. The predicted octanol–water partition coefficient (Wildman–Crippen LogP) is 3.74. The Hall–Kier alpha value is 0.530. The number of nitrogens with zero attached hydrogens (tertiary/aromatic N) is 1. The van der Waals surface area contributed by atoms with Crippen LogP contribution in [-0.2, 0) is 5.72 Å². The van der Waals surface area contributed by atoms with Crippen LogP contribution in [0.4, 0.5) is 0 Å². The lowest BCUT2D eigenvalue weighted by Crippen LogP contribution is -2.33. The van der Waals surface area contributed by atoms with E-state index in [-0.39, 0.29) is 0 Å². The molecule has 0 saturated carbocycles. The number of aromatic amines is 1. The van der Waals surface area contributed by atoms with Crippen molar-refractivity contribution in [3.63, 3.8) is 0 Å². The third kappa shape index (κ3) is 2.35. The third-order valence-corrected chi connectivity index (χ3v) is 6.94. The molecule has 1 atom stereocenters. The molecule has 0 bridgehead atoms. The first-order chi connectivity index (χ1) is 7.73. The Morgan fingerprint density at radius 2 is 1.65 bits per heavy atom. The highest BCUT2D eigenvalue weighted by Crippen LogP contribution is 2.42. The van der Waals surface area contributed by atoms with Gasteiger partial charge in [0.05, 0.1) is 14.5 Å². The SMILES string of the molecule is CC(N)(O)c1nc2c(Br)c(Br)c(Br)c(Br)c2[nH]1. The van der Waals surface area contributed by atoms with E-state index >= 15 is 0 Å². The van der Waals surface area contributed by atoms with Gasteiger partial charge < -0.3 is 10.1 Å². The van der Waals surface area contributed by atoms with Crippen LogP contribution in [-0.4, -0.2) is 15.1 Å². The molecule has 4 nitrogen and oxygen atoms in total. The van der Waals surface area contributed by atoms with Crippen LogP contribution in [0.1, 0.15) is 12.7 Å². The second kappa shape index (κ2) is 4.57. The molecule has 0 saturated heterocycles. The summed E-state index contributed by atoms with van der Waals surface area (Å²) < 4.78 is 3.29. The number of rotatable bonds is 1. The summed E-state index contributed by atoms with van der Waals surface area (Å²) in [6.07, 6.45) is 0. The lowest BCUT2D eigenvalue weighted by atomic mass is 10.3. The number of hydrogen-bond acceptors (Lipinski definition) is 3. The Morgan fingerprint density at radius 1 is 1.12 bits per heavy atom. The van der Waals surface area contributed by atoms with Crippen molar-refractivity contribution < 1.29 is 5.11 Å². The molecule has 0 spiro atoms. The number of H-pyrrole nitrogens is 1. The zero-order valence-corrected chi connectivity index (χ0v) is 14.8. The number of halogens is 4. The van der Waals surface area contributed by atoms with Crippen molar-refractivity contribution in [3.8, 4) is 0 Å². The molecule has 0 aliphatic rings. The van der Waals surface area contributed by atoms with Crippen molar-refractivity contribution in [2.75, 3.05) is 0 Å². The normalized spacial score (nSPS) is 15.2. The lowest BCUT2D eigenvalue weighted by Gasteiger charge is -2.12. The van der Waals surface area contributed by atoms with Gasteiger partial charge in [-0.15, -0.1) is 0 Å². The van der Waals surface area contributed by atoms with Gasteiger partial charge in [0.15, 0.2) is 11.5 Å². The van der Waals surface area contributed by atoms with E-state index in [4.69, 9.17) is 5.73 Å². The molecule has 92 valence electrons. The number of aromatic nitrogens is 2. The van der Waals surface area contributed by atoms with Gasteiger partial charge in [-0.05, 0) is 70.6 Å². The molecule has 1 aromatic heterocycles. The summed E-state index contributed by atoms with van der Waals surface area (Å²) in [5.41, 5.74) is 5.55. The van der Waals surface area contributed by atoms with Crippen LogP contribution in [0.2, 0.25) is 0 Å². The van der Waals surface area contributed by atoms with Gasteiger partial charge in [0.2, 0.25) is 0 Å². The molecular formula is C9H7Br4N3O. The summed E-state index contributed by atoms with van der Waals surface area (Å²) in [7, 11) is 0. The molecule has 1 aromatic carbocycles. The van der Waals surface area contributed by atoms with Crippen molar-refractivity contribution >= 4 is 74.8 Å². The van der Waals surface area contributed by atoms with E-state index in [1.807, 2.05) is 0 Å². The van der Waals surface area contributed by atoms with Crippen LogP contribution in [0.15, 0.2) is 17.9 Å². The highest BCUT2D eigenvalue weighted by atomic mass is 79.9. The van der Waals surface area contributed by atoms with Gasteiger partial charge in [0.1, 0.15) is 5.52 Å². The molecular weight excluding hydrogens is 486 g/mol. The zero-order valence-electron chi connectivity index (χ0n) is 8.48. The van der Waals surface area contributed by atoms with Gasteiger partial charge in [-0.2, -0.15) is 0 Å². The van der Waals surface area contributed by atoms with Crippen LogP contribution < -0.4 is 5.73 Å². The van der Waals surface area contributed by atoms with Gasteiger partial charge in [0.25, 0.3) is 0 Å². The minimum absolute atomic E-state index is 0.305. The zero-order chi connectivity index (χ0) is 13.0. The topological polar surface area (TPSA) is 74.9 Å². The summed E-state index contributed by atoms with van der Waals surface area (Å²) >= 11 is 13.8. The third-order valence-electron chi connectivity index (χ3n) is 2.19. The van der Waals surface area contributed by atoms with E-state index in [0.29, 0.717) is 11.3 Å². The summed E-state index contributed by atoms with van der Waals surface area (Å²) in [6, 6.07) is 0. The van der Waals surface area contributed by atoms with Crippen LogP contribution in [0.25, 0.3) is 11.0 Å². The van der Waals surface area contributed by atoms with E-state index in [9.17, 15) is 5.11 Å². The highest BCUT2D eigenvalue weighted by molar-refractivity contribution is 9.15. The van der Waals surface area contributed by atoms with Crippen LogP contribution in [0.3, 0.4) is 0 Å². The van der Waals surface area contributed by atoms with Gasteiger partial charge in [-0.1, -0.05) is 0 Å². The summed E-state index contributed by atoms with van der Waals surface area (Å²) in [4.78, 5) is 7.29. The van der Waals surface area contributed by atoms with E-state index in [2.05, 4.69) is 73.7 Å². The van der Waals surface area contributed by atoms with E-state index in [1.165, 1.54) is 6.92 Å². The number of hydrogen-bond donors (Lipinski definition) is 3. The van der Waals surface area contributed by atoms with Crippen molar-refractivity contribution in [2.45, 2.75) is 12.6 Å². The molecule has 0 fully saturated rings. The second-order valence-electron chi connectivity index (χ2n) is 3.71. The fourth-order valence-electron chi connectivity index (χ4n) is 1.34. The first-order valence-corrected chi connectivity index (χ1v) is 7.64. The summed E-state index contributed by atoms with van der Waals surface area (Å²) in [6.45, 7) is 1.47. The molecule has 0 radical (unpaired) electrons. The fourth-order valence-corrected chi connectivity index (χ4v) is 3.62. The van der Waals surface area contributed by atoms with E-state index in [0.717, 1.165) is 23.4 Å². The molecule has 0 aliphatic heterocycles. The Kier molecular flexibility index (Phi) is 3.75. The molecule has 2 rings (SSSR count). The predicted molar refractivity (Wildman–Crippen MR) is 80.7 cm³/mol. The van der Waals surface area contributed by atoms with Crippen molar-refractivity contribution in [3.05, 3.63) is 23.7 Å². The standard InChI is InChI=1S/C9H7Br4N3O/c1-9(14,17)8-15-6-4(12)2(10)3(11)5(13)7(6)16-8/h17H,14H2,1H3,(H,15,16). The second-order valence-corrected chi connectivity index (χ2v) is 6.88. The number of nitrogens with one attached hydrogen (secondary N) is 1. The Bertz CT molecular complexity index is 558. The van der Waals surface area contributed by atoms with E-state index < -0.39 is 5.72 Å². The number of fused-ring (bicyclic) bond motifs is 1. The average Bonchev–Trinajstić information content (AvgIpc) is 2.67. The highest BCUT2D eigenvalue weighted by Gasteiger charge is 2.24. The minimum Gasteiger partial charge on any atom is -0.369 e. The molecule has 2 aromatic rings. The minimum atomic E-state index is -1.50. The number of nitrogens with two attached hydrogens (primary N) is 1. The molecule has 4 N–H and O–H groups in total. The van der Waals surface area contributed by atoms with Gasteiger partial charge in [0, 0.05) is 8.95 Å². The number of aliphatic hydroxyl groups is 1. The monoisotopic (exact) mass is 489 g/mol. The van der Waals surface area contributed by atoms with Gasteiger partial charge >= 0.3 is 0 Å². The Labute approximate surface area is 131 Å². The summed E-state index contributed by atoms with van der Waals surface area (Å²) in [5, 5.41) is 9.74. The fraction of sp³-hybridized carbons (Fsp3) is 0.222. The average molecular weight is 493 g/mol. The van der Waals surface area contributed by atoms with Crippen LogP contribution in [0.5, 0.6) is 0 Å². The smallest absolute Gasteiger partial charge is 0.169 e. The number of benzene rings is 1. The van der Waals surface area contributed by atoms with Crippen molar-refractivity contribution in [2.24, 2.45) is 5.73 Å². The van der Waals surface area contributed by atoms with Crippen LogP contribution in [0, 0.1) is 0 Å². The maximum absolute atomic E-state index is 9.74. The first kappa shape index (κ1) is 14.0. The van der Waals surface area contributed by atoms with Crippen LogP contribution >= 0.6 is 63.7 Å². The maximum Gasteiger partial charge on any atom is 0.169 e. The van der Waals surface area contributed by atoms with Gasteiger partial charge in [-0.3, -0.25) is 5.73 Å². The van der Waals surface area contributed by atoms with Crippen molar-refractivity contribution in [1.29, 1.82) is 0 Å². The number of imidazole rings is 1. The molecule has 1 unspecified atom stereocenters. The van der Waals surface area contributed by atoms with Crippen molar-refractivity contribution in [1.82, 2.24) is 9.97 Å². The maximum atomic E-state index is 9.74. The molecule has 0 amide bonds. The first-order valence-electron chi connectivity index (χ1n) is 4.47. The summed E-state index contributed by atoms with van der Waals surface area (Å²) in [5.74, 6) is 0.305. The van der Waals surface area contributed by atoms with Gasteiger partial charge in [-0.25, -0.2) is 4.98 Å². The largest absolute Gasteiger partial charge is 0.369 e. The molecule has 1 heterocycles. The van der Waals surface area contributed by atoms with E-state index in [1.54, 1.807) is 0 Å².